The smallest absolute Gasteiger partial charge is 0.405 e. The molecule has 2 aromatic heterocycles. The molecular weight excluding hydrogens is 311 g/mol. The first-order valence-electron chi connectivity index (χ1n) is 6.52. The van der Waals surface area contributed by atoms with Crippen molar-refractivity contribution in [1.82, 2.24) is 9.61 Å². The van der Waals surface area contributed by atoms with Gasteiger partial charge in [0.1, 0.15) is 5.75 Å². The third kappa shape index (κ3) is 3.42. The molecule has 0 saturated carbocycles. The zero-order chi connectivity index (χ0) is 16.4. The summed E-state index contributed by atoms with van der Waals surface area (Å²) in [6.45, 7) is 0. The zero-order valence-corrected chi connectivity index (χ0v) is 11.5. The highest BCUT2D eigenvalue weighted by Crippen LogP contribution is 2.27. The maximum absolute atomic E-state index is 12.4. The van der Waals surface area contributed by atoms with E-state index in [-0.39, 0.29) is 5.56 Å². The molecule has 0 bridgehead atoms. The SMILES string of the molecule is O=C(Nc1ccn2nccc2c1)c1ccccc1OC(F)(F)F. The lowest BCUT2D eigenvalue weighted by Crippen LogP contribution is -2.20. The Hall–Kier alpha value is -3.03. The Bertz CT molecular complexity index is 858. The maximum Gasteiger partial charge on any atom is 0.573 e. The molecule has 23 heavy (non-hydrogen) atoms. The molecule has 1 N–H and O–H groups in total. The normalized spacial score (nSPS) is 11.4. The second kappa shape index (κ2) is 5.64. The van der Waals surface area contributed by atoms with E-state index in [1.807, 2.05) is 0 Å². The highest BCUT2D eigenvalue weighted by molar-refractivity contribution is 6.06. The number of benzene rings is 1. The van der Waals surface area contributed by atoms with Gasteiger partial charge < -0.3 is 10.1 Å². The second-order valence-corrected chi connectivity index (χ2v) is 4.61. The monoisotopic (exact) mass is 321 g/mol. The number of amides is 1. The van der Waals surface area contributed by atoms with Crippen LogP contribution in [0.25, 0.3) is 5.52 Å². The summed E-state index contributed by atoms with van der Waals surface area (Å²) < 4.78 is 42.6. The standard InChI is InChI=1S/C15H10F3N3O2/c16-15(17,18)23-13-4-2-1-3-12(13)14(22)20-10-6-8-21-11(9-10)5-7-19-21/h1-9H,(H,20,22). The third-order valence-corrected chi connectivity index (χ3v) is 3.01. The quantitative estimate of drug-likeness (QED) is 0.803. The van der Waals surface area contributed by atoms with Crippen LogP contribution in [0.5, 0.6) is 5.75 Å². The number of fused-ring (bicyclic) bond motifs is 1. The summed E-state index contributed by atoms with van der Waals surface area (Å²) in [6, 6.07) is 10.1. The fraction of sp³-hybridized carbons (Fsp3) is 0.0667. The summed E-state index contributed by atoms with van der Waals surface area (Å²) in [4.78, 5) is 12.2. The molecule has 3 rings (SSSR count). The molecule has 3 aromatic rings. The van der Waals surface area contributed by atoms with E-state index < -0.39 is 18.0 Å². The van der Waals surface area contributed by atoms with E-state index >= 15 is 0 Å². The Balaban J connectivity index is 1.85. The van der Waals surface area contributed by atoms with Gasteiger partial charge in [0.15, 0.2) is 0 Å². The highest BCUT2D eigenvalue weighted by Gasteiger charge is 2.32. The Morgan fingerprint density at radius 3 is 2.74 bits per heavy atom. The van der Waals surface area contributed by atoms with Crippen molar-refractivity contribution in [1.29, 1.82) is 0 Å². The Kier molecular flexibility index (Phi) is 3.65. The van der Waals surface area contributed by atoms with Gasteiger partial charge in [0.25, 0.3) is 5.91 Å². The van der Waals surface area contributed by atoms with Crippen LogP contribution >= 0.6 is 0 Å². The van der Waals surface area contributed by atoms with Crippen LogP contribution in [0.2, 0.25) is 0 Å². The molecule has 0 atom stereocenters. The maximum atomic E-state index is 12.4. The number of anilines is 1. The van der Waals surface area contributed by atoms with Crippen LogP contribution < -0.4 is 10.1 Å². The molecule has 0 saturated heterocycles. The molecule has 0 aliphatic rings. The lowest BCUT2D eigenvalue weighted by atomic mass is 10.2. The van der Waals surface area contributed by atoms with Crippen molar-refractivity contribution in [2.45, 2.75) is 6.36 Å². The number of hydrogen-bond donors (Lipinski definition) is 1. The van der Waals surface area contributed by atoms with Crippen LogP contribution in [0.4, 0.5) is 18.9 Å². The minimum absolute atomic E-state index is 0.210. The van der Waals surface area contributed by atoms with E-state index in [9.17, 15) is 18.0 Å². The molecule has 0 spiro atoms. The van der Waals surface area contributed by atoms with Crippen LogP contribution in [0.1, 0.15) is 10.4 Å². The van der Waals surface area contributed by atoms with Crippen LogP contribution in [0.3, 0.4) is 0 Å². The number of aromatic nitrogens is 2. The number of carbonyl (C=O) groups is 1. The zero-order valence-electron chi connectivity index (χ0n) is 11.5. The summed E-state index contributed by atoms with van der Waals surface area (Å²) in [5.74, 6) is -1.25. The molecule has 0 fully saturated rings. The van der Waals surface area contributed by atoms with Crippen LogP contribution in [0.15, 0.2) is 54.9 Å². The van der Waals surface area contributed by atoms with Gasteiger partial charge in [-0.25, -0.2) is 4.52 Å². The Labute approximate surface area is 128 Å². The molecule has 1 aromatic carbocycles. The molecule has 0 unspecified atom stereocenters. The van der Waals surface area contributed by atoms with Crippen molar-refractivity contribution < 1.29 is 22.7 Å². The molecule has 2 heterocycles. The average molecular weight is 321 g/mol. The first-order chi connectivity index (χ1) is 10.9. The van der Waals surface area contributed by atoms with Gasteiger partial charge in [-0.3, -0.25) is 4.79 Å². The molecule has 1 amide bonds. The largest absolute Gasteiger partial charge is 0.573 e. The minimum atomic E-state index is -4.87. The van der Waals surface area contributed by atoms with Crippen molar-refractivity contribution in [3.63, 3.8) is 0 Å². The molecule has 0 aliphatic carbocycles. The van der Waals surface area contributed by atoms with Crippen molar-refractivity contribution in [2.75, 3.05) is 5.32 Å². The van der Waals surface area contributed by atoms with Crippen LogP contribution in [-0.4, -0.2) is 21.9 Å². The number of hydrogen-bond acceptors (Lipinski definition) is 3. The van der Waals surface area contributed by atoms with Gasteiger partial charge in [0.05, 0.1) is 11.1 Å². The van der Waals surface area contributed by atoms with Crippen molar-refractivity contribution in [3.8, 4) is 5.75 Å². The van der Waals surface area contributed by atoms with Gasteiger partial charge in [0.2, 0.25) is 0 Å². The Morgan fingerprint density at radius 2 is 1.96 bits per heavy atom. The minimum Gasteiger partial charge on any atom is -0.405 e. The number of ether oxygens (including phenoxy) is 1. The summed E-state index contributed by atoms with van der Waals surface area (Å²) >= 11 is 0. The average Bonchev–Trinajstić information content (AvgIpc) is 2.93. The van der Waals surface area contributed by atoms with Crippen molar-refractivity contribution in [3.05, 3.63) is 60.4 Å². The van der Waals surface area contributed by atoms with Crippen molar-refractivity contribution >= 4 is 17.1 Å². The van der Waals surface area contributed by atoms with Gasteiger partial charge >= 0.3 is 6.36 Å². The molecule has 118 valence electrons. The summed E-state index contributed by atoms with van der Waals surface area (Å²) in [5.41, 5.74) is 0.964. The lowest BCUT2D eigenvalue weighted by molar-refractivity contribution is -0.274. The van der Waals surface area contributed by atoms with Gasteiger partial charge in [0, 0.05) is 18.1 Å². The van der Waals surface area contributed by atoms with E-state index in [1.54, 1.807) is 35.1 Å². The molecule has 8 heteroatoms. The second-order valence-electron chi connectivity index (χ2n) is 4.61. The fourth-order valence-electron chi connectivity index (χ4n) is 2.07. The predicted octanol–water partition coefficient (Wildman–Crippen LogP) is 3.49. The molecular formula is C15H10F3N3O2. The van der Waals surface area contributed by atoms with E-state index in [0.717, 1.165) is 11.6 Å². The number of nitrogens with zero attached hydrogens (tertiary/aromatic N) is 2. The number of pyridine rings is 1. The molecule has 5 nitrogen and oxygen atoms in total. The summed E-state index contributed by atoms with van der Waals surface area (Å²) in [5, 5.41) is 6.55. The number of alkyl halides is 3. The number of halogens is 3. The van der Waals surface area contributed by atoms with Crippen LogP contribution in [-0.2, 0) is 0 Å². The van der Waals surface area contributed by atoms with Gasteiger partial charge in [-0.05, 0) is 30.3 Å². The number of nitrogens with one attached hydrogen (secondary N) is 1. The van der Waals surface area contributed by atoms with Gasteiger partial charge in [-0.15, -0.1) is 13.2 Å². The first-order valence-corrected chi connectivity index (χ1v) is 6.52. The first kappa shape index (κ1) is 14.9. The number of rotatable bonds is 3. The Morgan fingerprint density at radius 1 is 1.17 bits per heavy atom. The van der Waals surface area contributed by atoms with Crippen molar-refractivity contribution in [2.24, 2.45) is 0 Å². The summed E-state index contributed by atoms with van der Waals surface area (Å²) in [6.07, 6.45) is -1.65. The highest BCUT2D eigenvalue weighted by atomic mass is 19.4. The van der Waals surface area contributed by atoms with Crippen LogP contribution in [0, 0.1) is 0 Å². The van der Waals surface area contributed by atoms with E-state index in [0.29, 0.717) is 5.69 Å². The fourth-order valence-corrected chi connectivity index (χ4v) is 2.07. The third-order valence-electron chi connectivity index (χ3n) is 3.01. The number of para-hydroxylation sites is 1. The van der Waals surface area contributed by atoms with Gasteiger partial charge in [-0.1, -0.05) is 12.1 Å². The lowest BCUT2D eigenvalue weighted by Gasteiger charge is -2.13. The topological polar surface area (TPSA) is 55.6 Å². The predicted molar refractivity (Wildman–Crippen MR) is 76.3 cm³/mol. The summed E-state index contributed by atoms with van der Waals surface area (Å²) in [7, 11) is 0. The molecule has 0 radical (unpaired) electrons. The number of carbonyl (C=O) groups excluding carboxylic acids is 1. The molecule has 0 aliphatic heterocycles. The van der Waals surface area contributed by atoms with Gasteiger partial charge in [-0.2, -0.15) is 5.10 Å². The van der Waals surface area contributed by atoms with E-state index in [2.05, 4.69) is 15.2 Å². The van der Waals surface area contributed by atoms with E-state index in [4.69, 9.17) is 0 Å². The van der Waals surface area contributed by atoms with E-state index in [1.165, 1.54) is 18.2 Å².